The van der Waals surface area contributed by atoms with Crippen LogP contribution in [-0.2, 0) is 19.5 Å². The minimum atomic E-state index is -0.254. The Balaban J connectivity index is 0.000000241. The summed E-state index contributed by atoms with van der Waals surface area (Å²) in [5, 5.41) is 21.6. The van der Waals surface area contributed by atoms with Crippen molar-refractivity contribution in [1.29, 1.82) is 10.8 Å². The first-order valence-electron chi connectivity index (χ1n) is 20.6. The predicted molar refractivity (Wildman–Crippen MR) is 266 cm³/mol. The Kier molecular flexibility index (Phi) is 16.7. The van der Waals surface area contributed by atoms with Gasteiger partial charge >= 0.3 is 0 Å². The van der Waals surface area contributed by atoms with Gasteiger partial charge in [-0.15, -0.1) is 0 Å². The SMILES string of the molecule is CC(C)Nc1nc(Cl)c(-c2cccc(N)c2)n(C/C=C\Cc2ccc(C(=N)N)cc2)c1=O.CC(C)Nc1nc(Cl)c(-c2cccc(N)c2)n(CC/C=C/c2ccc(C(=N)N)cc2)c1=O. The van der Waals surface area contributed by atoms with Crippen LogP contribution in [0.1, 0.15) is 56.4 Å². The van der Waals surface area contributed by atoms with Gasteiger partial charge in [-0.05, 0) is 75.9 Å². The third-order valence-corrected chi connectivity index (χ3v) is 10.1. The van der Waals surface area contributed by atoms with Crippen LogP contribution in [0.15, 0.2) is 125 Å². The minimum absolute atomic E-state index is 0.0338. The topological polar surface area (TPSA) is 246 Å². The summed E-state index contributed by atoms with van der Waals surface area (Å²) in [6.45, 7) is 8.48. The molecule has 0 amide bonds. The maximum absolute atomic E-state index is 13.2. The van der Waals surface area contributed by atoms with Crippen molar-refractivity contribution in [2.75, 3.05) is 22.1 Å². The van der Waals surface area contributed by atoms with E-state index >= 15 is 0 Å². The summed E-state index contributed by atoms with van der Waals surface area (Å²) in [4.78, 5) is 35.0. The highest BCUT2D eigenvalue weighted by Gasteiger charge is 2.19. The number of nitrogens with two attached hydrogens (primary N) is 4. The highest BCUT2D eigenvalue weighted by molar-refractivity contribution is 6.32. The highest BCUT2D eigenvalue weighted by atomic mass is 35.5. The Hall–Kier alpha value is -7.16. The maximum atomic E-state index is 13.2. The molecule has 0 unspecified atom stereocenters. The molecule has 0 saturated heterocycles. The number of hydrogen-bond acceptors (Lipinski definition) is 10. The van der Waals surface area contributed by atoms with Crippen molar-refractivity contribution >= 4 is 64.0 Å². The fraction of sp³-hybridized carbons (Fsp3) is 0.208. The highest BCUT2D eigenvalue weighted by Crippen LogP contribution is 2.29. The van der Waals surface area contributed by atoms with Crippen LogP contribution < -0.4 is 44.7 Å². The molecular weight excluding hydrogens is 848 g/mol. The van der Waals surface area contributed by atoms with Gasteiger partial charge in [0.1, 0.15) is 11.7 Å². The molecule has 0 bridgehead atoms. The average Bonchev–Trinajstić information content (AvgIpc) is 3.24. The Labute approximate surface area is 382 Å². The van der Waals surface area contributed by atoms with Gasteiger partial charge in [0.2, 0.25) is 0 Å². The van der Waals surface area contributed by atoms with Gasteiger partial charge in [-0.3, -0.25) is 25.0 Å². The molecule has 0 aliphatic rings. The number of nitrogen functional groups attached to an aromatic ring is 4. The first kappa shape index (κ1) is 47.9. The molecule has 0 aliphatic carbocycles. The van der Waals surface area contributed by atoms with E-state index < -0.39 is 0 Å². The number of rotatable bonds is 16. The van der Waals surface area contributed by atoms with Crippen molar-refractivity contribution in [1.82, 2.24) is 19.1 Å². The lowest BCUT2D eigenvalue weighted by Crippen LogP contribution is -2.29. The van der Waals surface area contributed by atoms with Gasteiger partial charge in [0.25, 0.3) is 11.1 Å². The lowest BCUT2D eigenvalue weighted by molar-refractivity contribution is 0.682. The van der Waals surface area contributed by atoms with Crippen LogP contribution in [0.2, 0.25) is 10.3 Å². The molecule has 6 aromatic rings. The number of anilines is 4. The molecule has 12 N–H and O–H groups in total. The summed E-state index contributed by atoms with van der Waals surface area (Å²) < 4.78 is 3.24. The van der Waals surface area contributed by atoms with Crippen molar-refractivity contribution in [2.24, 2.45) is 11.5 Å². The normalized spacial score (nSPS) is 11.2. The molecular formula is C48H54Cl2N12O2. The minimum Gasteiger partial charge on any atom is -0.399 e. The summed E-state index contributed by atoms with van der Waals surface area (Å²) >= 11 is 13.1. The number of allylic oxidation sites excluding steroid dienone is 3. The van der Waals surface area contributed by atoms with Crippen molar-refractivity contribution < 1.29 is 0 Å². The van der Waals surface area contributed by atoms with E-state index in [2.05, 4.69) is 20.6 Å². The van der Waals surface area contributed by atoms with E-state index in [1.165, 1.54) is 0 Å². The van der Waals surface area contributed by atoms with Crippen LogP contribution >= 0.6 is 23.2 Å². The summed E-state index contributed by atoms with van der Waals surface area (Å²) in [5.74, 6) is 0.516. The van der Waals surface area contributed by atoms with Crippen molar-refractivity contribution in [3.05, 3.63) is 169 Å². The third-order valence-electron chi connectivity index (χ3n) is 9.54. The molecule has 64 heavy (non-hydrogen) atoms. The Morgan fingerprint density at radius 3 is 1.61 bits per heavy atom. The van der Waals surface area contributed by atoms with E-state index in [0.717, 1.165) is 22.3 Å². The van der Waals surface area contributed by atoms with E-state index in [1.807, 2.05) is 113 Å². The summed E-state index contributed by atoms with van der Waals surface area (Å²) in [6.07, 6.45) is 9.14. The first-order chi connectivity index (χ1) is 30.5. The average molecular weight is 902 g/mol. The third kappa shape index (κ3) is 12.9. The predicted octanol–water partition coefficient (Wildman–Crippen LogP) is 8.40. The van der Waals surface area contributed by atoms with E-state index in [0.29, 0.717) is 59.8 Å². The van der Waals surface area contributed by atoms with Crippen LogP contribution in [0.3, 0.4) is 0 Å². The van der Waals surface area contributed by atoms with Crippen LogP contribution in [-0.4, -0.2) is 42.9 Å². The molecule has 0 fully saturated rings. The summed E-state index contributed by atoms with van der Waals surface area (Å²) in [5.41, 5.74) is 29.5. The summed E-state index contributed by atoms with van der Waals surface area (Å²) in [6, 6.07) is 29.4. The molecule has 0 radical (unpaired) electrons. The van der Waals surface area contributed by atoms with Gasteiger partial charge in [0, 0.05) is 58.8 Å². The Morgan fingerprint density at radius 1 is 0.672 bits per heavy atom. The molecule has 0 saturated carbocycles. The fourth-order valence-electron chi connectivity index (χ4n) is 6.54. The second kappa shape index (κ2) is 22.3. The van der Waals surface area contributed by atoms with Gasteiger partial charge in [0.15, 0.2) is 21.9 Å². The monoisotopic (exact) mass is 900 g/mol. The number of halogens is 2. The van der Waals surface area contributed by atoms with Gasteiger partial charge in [0.05, 0.1) is 11.4 Å². The molecule has 2 heterocycles. The lowest BCUT2D eigenvalue weighted by Gasteiger charge is -2.17. The quantitative estimate of drug-likeness (QED) is 0.0199. The van der Waals surface area contributed by atoms with Crippen molar-refractivity contribution in [3.8, 4) is 22.5 Å². The Bertz CT molecular complexity index is 2780. The largest absolute Gasteiger partial charge is 0.399 e. The smallest absolute Gasteiger partial charge is 0.294 e. The second-order valence-electron chi connectivity index (χ2n) is 15.4. The number of aromatic nitrogens is 4. The van der Waals surface area contributed by atoms with Crippen molar-refractivity contribution in [3.63, 3.8) is 0 Å². The molecule has 14 nitrogen and oxygen atoms in total. The molecule has 0 atom stereocenters. The first-order valence-corrected chi connectivity index (χ1v) is 21.3. The number of hydrogen-bond donors (Lipinski definition) is 8. The molecule has 332 valence electrons. The van der Waals surface area contributed by atoms with Gasteiger partial charge in [-0.2, -0.15) is 0 Å². The van der Waals surface area contributed by atoms with Gasteiger partial charge < -0.3 is 38.1 Å². The molecule has 2 aromatic heterocycles. The van der Waals surface area contributed by atoms with E-state index in [-0.39, 0.29) is 56.8 Å². The maximum Gasteiger partial charge on any atom is 0.294 e. The molecule has 16 heteroatoms. The van der Waals surface area contributed by atoms with Crippen LogP contribution in [0.25, 0.3) is 28.6 Å². The molecule has 4 aromatic carbocycles. The standard InChI is InChI=1S/2C24H27ClN6O/c2*1-15(2)29-23-24(32)31(20(21(25)30-23)18-7-5-8-19(26)14-18)13-4-3-6-16-9-11-17(12-10-16)22(27)28/h3,5-12,14-15H,4,13,26H2,1-2H3,(H3,27,28)(H,29,30);3-5,7-12,14-15H,6,13,26H2,1-2H3,(H3,27,28)(H,29,30)/b6-3+;4-3-. The number of nitrogens with one attached hydrogen (secondary N) is 4. The van der Waals surface area contributed by atoms with Gasteiger partial charge in [-0.1, -0.05) is 120 Å². The zero-order valence-corrected chi connectivity index (χ0v) is 37.7. The van der Waals surface area contributed by atoms with Crippen molar-refractivity contribution in [2.45, 2.75) is 65.7 Å². The summed E-state index contributed by atoms with van der Waals surface area (Å²) in [7, 11) is 0. The van der Waals surface area contributed by atoms with Crippen LogP contribution in [0.4, 0.5) is 23.0 Å². The number of nitrogens with zero attached hydrogens (tertiary/aromatic N) is 4. The molecule has 0 aliphatic heterocycles. The van der Waals surface area contributed by atoms with Crippen LogP contribution in [0, 0.1) is 10.8 Å². The second-order valence-corrected chi connectivity index (χ2v) is 16.2. The van der Waals surface area contributed by atoms with E-state index in [1.54, 1.807) is 45.5 Å². The van der Waals surface area contributed by atoms with Crippen LogP contribution in [0.5, 0.6) is 0 Å². The zero-order chi connectivity index (χ0) is 46.5. The molecule has 0 spiro atoms. The fourth-order valence-corrected chi connectivity index (χ4v) is 7.13. The number of benzene rings is 4. The lowest BCUT2D eigenvalue weighted by atomic mass is 10.1. The van der Waals surface area contributed by atoms with E-state index in [9.17, 15) is 9.59 Å². The van der Waals surface area contributed by atoms with E-state index in [4.69, 9.17) is 57.0 Å². The Morgan fingerprint density at radius 2 is 1.14 bits per heavy atom. The number of amidine groups is 2. The molecule has 6 rings (SSSR count). The van der Waals surface area contributed by atoms with Gasteiger partial charge in [-0.25, -0.2) is 9.97 Å². The zero-order valence-electron chi connectivity index (χ0n) is 36.2.